The van der Waals surface area contributed by atoms with Crippen LogP contribution in [0.2, 0.25) is 10.2 Å². The molecule has 1 N–H and O–H groups in total. The molecule has 0 bridgehead atoms. The molecule has 12 heavy (non-hydrogen) atoms. The van der Waals surface area contributed by atoms with Crippen molar-refractivity contribution in [2.24, 2.45) is 0 Å². The fourth-order valence-corrected chi connectivity index (χ4v) is 0.915. The van der Waals surface area contributed by atoms with Gasteiger partial charge in [-0.2, -0.15) is 0 Å². The zero-order valence-electron chi connectivity index (χ0n) is 5.62. The van der Waals surface area contributed by atoms with Crippen molar-refractivity contribution in [1.82, 2.24) is 4.98 Å². The second-order valence-electron chi connectivity index (χ2n) is 1.80. The molecule has 0 saturated heterocycles. The summed E-state index contributed by atoms with van der Waals surface area (Å²) in [7, 11) is 0. The van der Waals surface area contributed by atoms with Gasteiger partial charge >= 0.3 is 5.97 Å². The van der Waals surface area contributed by atoms with Gasteiger partial charge in [0.05, 0.1) is 10.6 Å². The van der Waals surface area contributed by atoms with Crippen LogP contribution in [0.15, 0.2) is 12.3 Å². The monoisotopic (exact) mass is 227 g/mol. The van der Waals surface area contributed by atoms with Crippen LogP contribution in [0.3, 0.4) is 0 Å². The number of aromatic carboxylic acids is 1. The van der Waals surface area contributed by atoms with E-state index in [0.29, 0.717) is 0 Å². The van der Waals surface area contributed by atoms with Gasteiger partial charge in [-0.05, 0) is 6.07 Å². The molecule has 0 atom stereocenters. The number of carbonyl (C=O) groups is 1. The summed E-state index contributed by atoms with van der Waals surface area (Å²) in [5.41, 5.74) is -0.0841. The van der Waals surface area contributed by atoms with Crippen LogP contribution in [0.25, 0.3) is 0 Å². The van der Waals surface area contributed by atoms with Crippen LogP contribution < -0.4 is 0 Å². The minimum absolute atomic E-state index is 0. The Balaban J connectivity index is 0.00000121. The van der Waals surface area contributed by atoms with E-state index in [4.69, 9.17) is 28.3 Å². The lowest BCUT2D eigenvalue weighted by Crippen LogP contribution is -1.98. The molecule has 0 unspecified atom stereocenters. The van der Waals surface area contributed by atoms with Gasteiger partial charge in [-0.15, -0.1) is 12.4 Å². The highest BCUT2D eigenvalue weighted by atomic mass is 35.5. The standard InChI is InChI=1S/C6H3Cl2NO2.ClH/c7-3-1-4(6(10)11)5(8)9-2-3;/h1-2H,(H,10,11);1H. The predicted octanol–water partition coefficient (Wildman–Crippen LogP) is 2.51. The number of hydrogen-bond acceptors (Lipinski definition) is 2. The van der Waals surface area contributed by atoms with E-state index in [2.05, 4.69) is 4.98 Å². The lowest BCUT2D eigenvalue weighted by Gasteiger charge is -1.96. The topological polar surface area (TPSA) is 50.2 Å². The SMILES string of the molecule is Cl.O=C(O)c1cc(Cl)cnc1Cl. The Morgan fingerprint density at radius 2 is 2.08 bits per heavy atom. The summed E-state index contributed by atoms with van der Waals surface area (Å²) in [6, 6.07) is 1.25. The molecule has 0 amide bonds. The van der Waals surface area contributed by atoms with Crippen molar-refractivity contribution in [1.29, 1.82) is 0 Å². The Kier molecular flexibility index (Phi) is 4.31. The second-order valence-corrected chi connectivity index (χ2v) is 2.59. The van der Waals surface area contributed by atoms with Crippen LogP contribution in [0.5, 0.6) is 0 Å². The zero-order valence-corrected chi connectivity index (χ0v) is 7.95. The van der Waals surface area contributed by atoms with E-state index in [-0.39, 0.29) is 28.1 Å². The maximum atomic E-state index is 10.4. The summed E-state index contributed by atoms with van der Waals surface area (Å²) in [6.07, 6.45) is 1.29. The first-order valence-corrected chi connectivity index (χ1v) is 3.41. The first kappa shape index (κ1) is 11.5. The van der Waals surface area contributed by atoms with Crippen molar-refractivity contribution in [3.63, 3.8) is 0 Å². The van der Waals surface area contributed by atoms with Crippen molar-refractivity contribution in [3.8, 4) is 0 Å². The molecule has 6 heteroatoms. The molecule has 0 aromatic carbocycles. The first-order valence-electron chi connectivity index (χ1n) is 2.65. The maximum Gasteiger partial charge on any atom is 0.338 e. The van der Waals surface area contributed by atoms with Gasteiger partial charge in [-0.1, -0.05) is 23.2 Å². The third-order valence-electron chi connectivity index (χ3n) is 1.04. The molecule has 0 aliphatic heterocycles. The van der Waals surface area contributed by atoms with Gasteiger partial charge in [0.25, 0.3) is 0 Å². The van der Waals surface area contributed by atoms with Crippen molar-refractivity contribution in [3.05, 3.63) is 28.0 Å². The van der Waals surface area contributed by atoms with Crippen molar-refractivity contribution in [2.75, 3.05) is 0 Å². The lowest BCUT2D eigenvalue weighted by molar-refractivity contribution is 0.0696. The third-order valence-corrected chi connectivity index (χ3v) is 1.54. The van der Waals surface area contributed by atoms with Gasteiger partial charge in [0.1, 0.15) is 5.15 Å². The molecule has 1 aromatic rings. The average Bonchev–Trinajstić information content (AvgIpc) is 1.94. The number of halogens is 3. The van der Waals surface area contributed by atoms with Crippen LogP contribution in [0, 0.1) is 0 Å². The fraction of sp³-hybridized carbons (Fsp3) is 0. The molecule has 1 heterocycles. The molecular weight excluding hydrogens is 224 g/mol. The number of pyridine rings is 1. The highest BCUT2D eigenvalue weighted by Crippen LogP contribution is 2.16. The molecule has 1 aromatic heterocycles. The summed E-state index contributed by atoms with van der Waals surface area (Å²) in [5, 5.41) is 8.71. The van der Waals surface area contributed by atoms with Gasteiger partial charge in [-0.3, -0.25) is 0 Å². The molecule has 0 spiro atoms. The largest absolute Gasteiger partial charge is 0.478 e. The number of carboxylic acids is 1. The average molecular weight is 228 g/mol. The molecule has 0 aliphatic rings. The Labute approximate surface area is 84.7 Å². The van der Waals surface area contributed by atoms with Crippen LogP contribution in [0.1, 0.15) is 10.4 Å². The van der Waals surface area contributed by atoms with E-state index in [0.717, 1.165) is 0 Å². The molecule has 1 rings (SSSR count). The van der Waals surface area contributed by atoms with Crippen molar-refractivity contribution < 1.29 is 9.90 Å². The van der Waals surface area contributed by atoms with E-state index < -0.39 is 5.97 Å². The second kappa shape index (κ2) is 4.50. The summed E-state index contributed by atoms with van der Waals surface area (Å²) >= 11 is 10.9. The zero-order chi connectivity index (χ0) is 8.43. The molecule has 0 aliphatic carbocycles. The maximum absolute atomic E-state index is 10.4. The number of nitrogens with zero attached hydrogens (tertiary/aromatic N) is 1. The fourth-order valence-electron chi connectivity index (χ4n) is 0.573. The number of aromatic nitrogens is 1. The van der Waals surface area contributed by atoms with Crippen molar-refractivity contribution in [2.45, 2.75) is 0 Å². The van der Waals surface area contributed by atoms with Gasteiger partial charge in [0.2, 0.25) is 0 Å². The van der Waals surface area contributed by atoms with E-state index >= 15 is 0 Å². The van der Waals surface area contributed by atoms with Crippen LogP contribution in [-0.2, 0) is 0 Å². The molecule has 0 fully saturated rings. The Bertz CT molecular complexity index is 303. The molecular formula is C6H4Cl3NO2. The highest BCUT2D eigenvalue weighted by Gasteiger charge is 2.09. The van der Waals surface area contributed by atoms with Crippen LogP contribution >= 0.6 is 35.6 Å². The quantitative estimate of drug-likeness (QED) is 0.751. The smallest absolute Gasteiger partial charge is 0.338 e. The first-order chi connectivity index (χ1) is 5.11. The summed E-state index contributed by atoms with van der Waals surface area (Å²) in [4.78, 5) is 13.9. The molecule has 0 saturated carbocycles. The van der Waals surface area contributed by atoms with Gasteiger partial charge < -0.3 is 5.11 Å². The van der Waals surface area contributed by atoms with Crippen LogP contribution in [0.4, 0.5) is 0 Å². The minimum atomic E-state index is -1.13. The Hall–Kier alpha value is -0.510. The molecule has 3 nitrogen and oxygen atoms in total. The van der Waals surface area contributed by atoms with Crippen molar-refractivity contribution >= 4 is 41.6 Å². The lowest BCUT2D eigenvalue weighted by atomic mass is 10.3. The minimum Gasteiger partial charge on any atom is -0.478 e. The van der Waals surface area contributed by atoms with E-state index in [1.54, 1.807) is 0 Å². The van der Waals surface area contributed by atoms with Gasteiger partial charge in [-0.25, -0.2) is 9.78 Å². The normalized spacial score (nSPS) is 8.83. The molecule has 0 radical (unpaired) electrons. The van der Waals surface area contributed by atoms with Gasteiger partial charge in [0, 0.05) is 6.20 Å². The Morgan fingerprint density at radius 1 is 1.50 bits per heavy atom. The summed E-state index contributed by atoms with van der Waals surface area (Å²) in [6.45, 7) is 0. The number of rotatable bonds is 1. The highest BCUT2D eigenvalue weighted by molar-refractivity contribution is 6.34. The molecule has 66 valence electrons. The third kappa shape index (κ3) is 2.52. The van der Waals surface area contributed by atoms with E-state index in [1.807, 2.05) is 0 Å². The van der Waals surface area contributed by atoms with Gasteiger partial charge in [0.15, 0.2) is 0 Å². The summed E-state index contributed by atoms with van der Waals surface area (Å²) in [5.74, 6) is -1.13. The summed E-state index contributed by atoms with van der Waals surface area (Å²) < 4.78 is 0. The Morgan fingerprint density at radius 3 is 2.50 bits per heavy atom. The van der Waals surface area contributed by atoms with E-state index in [1.165, 1.54) is 12.3 Å². The van der Waals surface area contributed by atoms with Crippen LogP contribution in [-0.4, -0.2) is 16.1 Å². The van der Waals surface area contributed by atoms with E-state index in [9.17, 15) is 4.79 Å². The number of carboxylic acid groups (broad SMARTS) is 1. The predicted molar refractivity (Wildman–Crippen MR) is 48.5 cm³/mol. The number of hydrogen-bond donors (Lipinski definition) is 1.